The predicted molar refractivity (Wildman–Crippen MR) is 133 cm³/mol. The Balaban J connectivity index is 1.56. The van der Waals surface area contributed by atoms with Gasteiger partial charge in [0.05, 0.1) is 11.4 Å². The molecule has 3 aromatic carbocycles. The smallest absolute Gasteiger partial charge is 0.280 e. The molecule has 2 aromatic heterocycles. The molecule has 1 N–H and O–H groups in total. The van der Waals surface area contributed by atoms with Gasteiger partial charge in [0, 0.05) is 23.2 Å². The van der Waals surface area contributed by atoms with Crippen molar-refractivity contribution in [3.05, 3.63) is 123 Å². The number of halogens is 1. The first-order valence-corrected chi connectivity index (χ1v) is 11.1. The molecule has 0 aliphatic heterocycles. The van der Waals surface area contributed by atoms with E-state index in [9.17, 15) is 18.8 Å². The summed E-state index contributed by atoms with van der Waals surface area (Å²) in [6.45, 7) is 3.53. The van der Waals surface area contributed by atoms with Crippen molar-refractivity contribution in [1.29, 1.82) is 0 Å². The van der Waals surface area contributed by atoms with Gasteiger partial charge in [0.15, 0.2) is 11.5 Å². The minimum absolute atomic E-state index is 0.0622. The molecule has 5 rings (SSSR count). The summed E-state index contributed by atoms with van der Waals surface area (Å²) in [6.07, 6.45) is 1.47. The number of carbonyl (C=O) groups is 2. The first-order valence-electron chi connectivity index (χ1n) is 11.1. The van der Waals surface area contributed by atoms with Crippen molar-refractivity contribution in [3.63, 3.8) is 0 Å². The molecule has 0 spiro atoms. The van der Waals surface area contributed by atoms with Crippen LogP contribution in [0.3, 0.4) is 0 Å². The van der Waals surface area contributed by atoms with E-state index >= 15 is 0 Å². The van der Waals surface area contributed by atoms with Crippen molar-refractivity contribution >= 4 is 28.3 Å². The average molecular weight is 481 g/mol. The Labute approximate surface area is 204 Å². The number of benzene rings is 3. The lowest BCUT2D eigenvalue weighted by Gasteiger charge is -2.09. The normalized spacial score (nSPS) is 11.0. The fourth-order valence-electron chi connectivity index (χ4n) is 3.77. The maximum atomic E-state index is 14.1. The average Bonchev–Trinajstić information content (AvgIpc) is 3.24. The Morgan fingerprint density at radius 2 is 1.72 bits per heavy atom. The minimum atomic E-state index is -0.808. The fourth-order valence-corrected chi connectivity index (χ4v) is 3.77. The van der Waals surface area contributed by atoms with Crippen LogP contribution in [0, 0.1) is 19.7 Å². The molecule has 178 valence electrons. The molecule has 0 aliphatic carbocycles. The summed E-state index contributed by atoms with van der Waals surface area (Å²) < 4.78 is 21.3. The number of furan rings is 1. The molecule has 0 aliphatic rings. The lowest BCUT2D eigenvalue weighted by molar-refractivity contribution is 0.101. The van der Waals surface area contributed by atoms with E-state index in [1.54, 1.807) is 31.2 Å². The summed E-state index contributed by atoms with van der Waals surface area (Å²) in [4.78, 5) is 39.0. The van der Waals surface area contributed by atoms with Crippen molar-refractivity contribution in [2.75, 3.05) is 5.32 Å². The molecule has 0 atom stereocenters. The van der Waals surface area contributed by atoms with Gasteiger partial charge in [0.2, 0.25) is 11.2 Å². The summed E-state index contributed by atoms with van der Waals surface area (Å²) in [7, 11) is 0. The Morgan fingerprint density at radius 3 is 2.47 bits per heavy atom. The zero-order valence-corrected chi connectivity index (χ0v) is 19.4. The molecule has 0 unspecified atom stereocenters. The van der Waals surface area contributed by atoms with E-state index in [0.717, 1.165) is 11.6 Å². The van der Waals surface area contributed by atoms with E-state index in [-0.39, 0.29) is 22.7 Å². The molecule has 36 heavy (non-hydrogen) atoms. The van der Waals surface area contributed by atoms with Crippen LogP contribution < -0.4 is 10.7 Å². The van der Waals surface area contributed by atoms with Gasteiger partial charge < -0.3 is 9.73 Å². The number of para-hydroxylation sites is 1. The molecule has 5 aromatic rings. The van der Waals surface area contributed by atoms with Crippen LogP contribution in [0.1, 0.15) is 37.7 Å². The second-order valence-corrected chi connectivity index (χ2v) is 8.36. The van der Waals surface area contributed by atoms with E-state index in [2.05, 4.69) is 10.4 Å². The largest absolute Gasteiger partial charge is 0.450 e. The highest BCUT2D eigenvalue weighted by atomic mass is 19.1. The molecular weight excluding hydrogens is 461 g/mol. The van der Waals surface area contributed by atoms with Gasteiger partial charge in [-0.15, -0.1) is 0 Å². The molecule has 1 amide bonds. The van der Waals surface area contributed by atoms with E-state index in [4.69, 9.17) is 4.42 Å². The number of amides is 1. The number of fused-ring (bicyclic) bond motifs is 1. The molecule has 8 heteroatoms. The number of hydrogen-bond donors (Lipinski definition) is 1. The van der Waals surface area contributed by atoms with Crippen LogP contribution in [0.25, 0.3) is 16.7 Å². The third-order valence-corrected chi connectivity index (χ3v) is 5.80. The number of aryl methyl sites for hydroxylation is 2. The van der Waals surface area contributed by atoms with Gasteiger partial charge in [-0.25, -0.2) is 9.07 Å². The highest BCUT2D eigenvalue weighted by Crippen LogP contribution is 2.33. The van der Waals surface area contributed by atoms with Crippen LogP contribution in [0.15, 0.2) is 88.2 Å². The molecule has 0 saturated heterocycles. The van der Waals surface area contributed by atoms with Crippen molar-refractivity contribution in [1.82, 2.24) is 9.78 Å². The second-order valence-electron chi connectivity index (χ2n) is 8.36. The fraction of sp³-hybridized carbons (Fsp3) is 0.0714. The Hall–Kier alpha value is -4.85. The monoisotopic (exact) mass is 481 g/mol. The van der Waals surface area contributed by atoms with Gasteiger partial charge >= 0.3 is 0 Å². The summed E-state index contributed by atoms with van der Waals surface area (Å²) in [5.41, 5.74) is 1.66. The van der Waals surface area contributed by atoms with Crippen LogP contribution in [0.4, 0.5) is 10.1 Å². The molecule has 0 bridgehead atoms. The molecule has 0 fully saturated rings. The summed E-state index contributed by atoms with van der Waals surface area (Å²) in [6, 6.07) is 19.5. The van der Waals surface area contributed by atoms with Crippen LogP contribution in [0.2, 0.25) is 0 Å². The Morgan fingerprint density at radius 1 is 0.972 bits per heavy atom. The molecule has 0 saturated carbocycles. The van der Waals surface area contributed by atoms with Crippen molar-refractivity contribution in [2.45, 2.75) is 13.8 Å². The minimum Gasteiger partial charge on any atom is -0.450 e. The van der Waals surface area contributed by atoms with Gasteiger partial charge in [-0.1, -0.05) is 42.0 Å². The van der Waals surface area contributed by atoms with Gasteiger partial charge in [-0.3, -0.25) is 14.4 Å². The number of carbonyl (C=O) groups excluding carboxylic acids is 2. The van der Waals surface area contributed by atoms with Gasteiger partial charge in [0.25, 0.3) is 5.91 Å². The predicted octanol–water partition coefficient (Wildman–Crippen LogP) is 5.22. The summed E-state index contributed by atoms with van der Waals surface area (Å²) in [5, 5.41) is 7.30. The lowest BCUT2D eigenvalue weighted by atomic mass is 10.0. The molecule has 0 radical (unpaired) electrons. The first kappa shape index (κ1) is 22.9. The van der Waals surface area contributed by atoms with E-state index in [1.807, 2.05) is 31.2 Å². The second kappa shape index (κ2) is 9.07. The number of anilines is 1. The third kappa shape index (κ3) is 4.20. The third-order valence-electron chi connectivity index (χ3n) is 5.80. The van der Waals surface area contributed by atoms with Gasteiger partial charge in [-0.05, 0) is 49.7 Å². The van der Waals surface area contributed by atoms with Crippen LogP contribution in [-0.2, 0) is 0 Å². The number of hydrogen-bond acceptors (Lipinski definition) is 5. The number of nitrogens with one attached hydrogen (secondary N) is 1. The number of ketones is 1. The SMILES string of the molecule is Cc1ccc(-n2ccc(=O)c(C(=O)Nc3c(C(=O)c4ccc(C)c(F)c4)oc4ccccc34)n2)cc1. The Bertz CT molecular complexity index is 1700. The molecular formula is C28H20FN3O4. The zero-order valence-electron chi connectivity index (χ0n) is 19.4. The van der Waals surface area contributed by atoms with Crippen LogP contribution >= 0.6 is 0 Å². The summed E-state index contributed by atoms with van der Waals surface area (Å²) >= 11 is 0. The van der Waals surface area contributed by atoms with Crippen LogP contribution in [-0.4, -0.2) is 21.5 Å². The zero-order chi connectivity index (χ0) is 25.4. The van der Waals surface area contributed by atoms with E-state index in [0.29, 0.717) is 22.2 Å². The maximum absolute atomic E-state index is 14.1. The van der Waals surface area contributed by atoms with Crippen molar-refractivity contribution < 1.29 is 18.4 Å². The topological polar surface area (TPSA) is 94.2 Å². The van der Waals surface area contributed by atoms with Crippen LogP contribution in [0.5, 0.6) is 0 Å². The van der Waals surface area contributed by atoms with Gasteiger partial charge in [-0.2, -0.15) is 5.10 Å². The van der Waals surface area contributed by atoms with E-state index < -0.39 is 22.9 Å². The summed E-state index contributed by atoms with van der Waals surface area (Å²) in [5.74, 6) is -2.13. The highest BCUT2D eigenvalue weighted by Gasteiger charge is 2.25. The number of aromatic nitrogens is 2. The van der Waals surface area contributed by atoms with Gasteiger partial charge in [0.1, 0.15) is 11.4 Å². The molecule has 7 nitrogen and oxygen atoms in total. The quantitative estimate of drug-likeness (QED) is 0.348. The highest BCUT2D eigenvalue weighted by molar-refractivity contribution is 6.18. The number of rotatable bonds is 5. The van der Waals surface area contributed by atoms with Crippen molar-refractivity contribution in [3.8, 4) is 5.69 Å². The number of nitrogens with zero attached hydrogens (tertiary/aromatic N) is 2. The van der Waals surface area contributed by atoms with E-state index in [1.165, 1.54) is 29.1 Å². The standard InChI is InChI=1S/C28H20FN3O4/c1-16-7-11-19(12-8-16)32-14-13-22(33)25(31-32)28(35)30-24-20-5-3-4-6-23(20)36-27(24)26(34)18-10-9-17(2)21(29)15-18/h3-15H,1-2H3,(H,30,35). The lowest BCUT2D eigenvalue weighted by Crippen LogP contribution is -2.26. The maximum Gasteiger partial charge on any atom is 0.280 e. The first-order chi connectivity index (χ1) is 17.3. The molecule has 2 heterocycles. The Kier molecular flexibility index (Phi) is 5.77. The van der Waals surface area contributed by atoms with Crippen molar-refractivity contribution in [2.24, 2.45) is 0 Å².